The van der Waals surface area contributed by atoms with Gasteiger partial charge >= 0.3 is 0 Å². The Kier molecular flexibility index (Phi) is 5.14. The van der Waals surface area contributed by atoms with Crippen LogP contribution in [0.5, 0.6) is 0 Å². The Hall–Kier alpha value is -1.94. The molecule has 1 unspecified atom stereocenters. The average Bonchev–Trinajstić information content (AvgIpc) is 2.61. The maximum absolute atomic E-state index is 4.83. The van der Waals surface area contributed by atoms with Crippen LogP contribution in [0.2, 0.25) is 0 Å². The van der Waals surface area contributed by atoms with Crippen molar-refractivity contribution in [2.24, 2.45) is 5.92 Å². The minimum atomic E-state index is 0. The molecule has 1 aliphatic heterocycles. The van der Waals surface area contributed by atoms with Gasteiger partial charge in [-0.2, -0.15) is 0 Å². The van der Waals surface area contributed by atoms with Crippen molar-refractivity contribution in [3.05, 3.63) is 54.7 Å². The van der Waals surface area contributed by atoms with E-state index in [-0.39, 0.29) is 17.0 Å². The predicted molar refractivity (Wildman–Crippen MR) is 106 cm³/mol. The molecule has 3 aromatic rings. The molecule has 3 heterocycles. The molecule has 24 heavy (non-hydrogen) atoms. The molecule has 1 saturated heterocycles. The lowest BCUT2D eigenvalue weighted by atomic mass is 9.99. The first-order valence-corrected chi connectivity index (χ1v) is 8.37. The highest BCUT2D eigenvalue weighted by atomic mass is 79.9. The van der Waals surface area contributed by atoms with Crippen molar-refractivity contribution in [2.45, 2.75) is 19.8 Å². The first-order chi connectivity index (χ1) is 11.3. The summed E-state index contributed by atoms with van der Waals surface area (Å²) in [6.07, 6.45) is 4.41. The lowest BCUT2D eigenvalue weighted by molar-refractivity contribution is 0.447. The van der Waals surface area contributed by atoms with E-state index in [0.717, 1.165) is 35.9 Å². The number of benzene rings is 1. The summed E-state index contributed by atoms with van der Waals surface area (Å²) in [6, 6.07) is 16.6. The average molecular weight is 384 g/mol. The van der Waals surface area contributed by atoms with E-state index in [4.69, 9.17) is 4.98 Å². The number of piperidine rings is 1. The van der Waals surface area contributed by atoms with Crippen LogP contribution in [0.3, 0.4) is 0 Å². The Bertz CT molecular complexity index is 819. The highest BCUT2D eigenvalue weighted by molar-refractivity contribution is 8.93. The minimum Gasteiger partial charge on any atom is -0.371 e. The SMILES string of the molecule is Br.CC1CCCN(c2cc(-c3ccccn3)nc3ccccc23)C1. The fourth-order valence-electron chi connectivity index (χ4n) is 3.47. The monoisotopic (exact) mass is 383 g/mol. The molecule has 0 spiro atoms. The predicted octanol–water partition coefficient (Wildman–Crippen LogP) is 5.11. The van der Waals surface area contributed by atoms with Crippen LogP contribution >= 0.6 is 17.0 Å². The second-order valence-corrected chi connectivity index (χ2v) is 6.45. The quantitative estimate of drug-likeness (QED) is 0.615. The molecule has 1 fully saturated rings. The molecule has 1 atom stereocenters. The minimum absolute atomic E-state index is 0. The Balaban J connectivity index is 0.00000169. The van der Waals surface area contributed by atoms with Gasteiger partial charge in [0.2, 0.25) is 0 Å². The normalized spacial score (nSPS) is 17.5. The van der Waals surface area contributed by atoms with E-state index in [1.165, 1.54) is 23.9 Å². The molecule has 3 nitrogen and oxygen atoms in total. The summed E-state index contributed by atoms with van der Waals surface area (Å²) in [5.74, 6) is 0.744. The third kappa shape index (κ3) is 3.29. The van der Waals surface area contributed by atoms with Crippen molar-refractivity contribution in [2.75, 3.05) is 18.0 Å². The van der Waals surface area contributed by atoms with E-state index in [1.807, 2.05) is 24.4 Å². The van der Waals surface area contributed by atoms with Crippen LogP contribution in [0, 0.1) is 5.92 Å². The number of halogens is 1. The fraction of sp³-hybridized carbons (Fsp3) is 0.300. The summed E-state index contributed by atoms with van der Waals surface area (Å²) < 4.78 is 0. The zero-order valence-corrected chi connectivity index (χ0v) is 15.6. The summed E-state index contributed by atoms with van der Waals surface area (Å²) in [7, 11) is 0. The van der Waals surface area contributed by atoms with E-state index in [9.17, 15) is 0 Å². The van der Waals surface area contributed by atoms with Crippen LogP contribution in [-0.2, 0) is 0 Å². The zero-order chi connectivity index (χ0) is 15.6. The van der Waals surface area contributed by atoms with E-state index in [1.54, 1.807) is 0 Å². The molecule has 0 saturated carbocycles. The summed E-state index contributed by atoms with van der Waals surface area (Å²) in [5, 5.41) is 1.24. The number of para-hydroxylation sites is 1. The van der Waals surface area contributed by atoms with Crippen LogP contribution in [0.15, 0.2) is 54.7 Å². The Morgan fingerprint density at radius 2 is 1.88 bits per heavy atom. The van der Waals surface area contributed by atoms with Gasteiger partial charge in [0, 0.05) is 30.4 Å². The van der Waals surface area contributed by atoms with Crippen molar-refractivity contribution in [1.82, 2.24) is 9.97 Å². The summed E-state index contributed by atoms with van der Waals surface area (Å²) in [5.41, 5.74) is 4.23. The third-order valence-corrected chi connectivity index (χ3v) is 4.62. The van der Waals surface area contributed by atoms with Gasteiger partial charge in [0.25, 0.3) is 0 Å². The largest absolute Gasteiger partial charge is 0.371 e. The topological polar surface area (TPSA) is 29.0 Å². The van der Waals surface area contributed by atoms with Gasteiger partial charge in [0.15, 0.2) is 0 Å². The first kappa shape index (κ1) is 16.9. The van der Waals surface area contributed by atoms with Gasteiger partial charge in [-0.3, -0.25) is 4.98 Å². The number of hydrogen-bond acceptors (Lipinski definition) is 3. The second-order valence-electron chi connectivity index (χ2n) is 6.45. The summed E-state index contributed by atoms with van der Waals surface area (Å²) in [4.78, 5) is 11.8. The molecule has 4 heteroatoms. The molecule has 0 bridgehead atoms. The zero-order valence-electron chi connectivity index (χ0n) is 13.9. The Morgan fingerprint density at radius 1 is 1.04 bits per heavy atom. The number of fused-ring (bicyclic) bond motifs is 1. The Morgan fingerprint density at radius 3 is 2.67 bits per heavy atom. The van der Waals surface area contributed by atoms with Gasteiger partial charge in [-0.05, 0) is 43.0 Å². The highest BCUT2D eigenvalue weighted by Crippen LogP contribution is 2.32. The van der Waals surface area contributed by atoms with Crippen molar-refractivity contribution >= 4 is 33.6 Å². The van der Waals surface area contributed by atoms with E-state index in [2.05, 4.69) is 47.1 Å². The van der Waals surface area contributed by atoms with Gasteiger partial charge in [-0.15, -0.1) is 17.0 Å². The molecule has 0 amide bonds. The van der Waals surface area contributed by atoms with Crippen LogP contribution in [0.4, 0.5) is 5.69 Å². The summed E-state index contributed by atoms with van der Waals surface area (Å²) >= 11 is 0. The lowest BCUT2D eigenvalue weighted by Crippen LogP contribution is -2.34. The first-order valence-electron chi connectivity index (χ1n) is 8.37. The van der Waals surface area contributed by atoms with E-state index < -0.39 is 0 Å². The molecular weight excluding hydrogens is 362 g/mol. The van der Waals surface area contributed by atoms with Gasteiger partial charge < -0.3 is 4.90 Å². The van der Waals surface area contributed by atoms with Crippen LogP contribution in [0.1, 0.15) is 19.8 Å². The molecular formula is C20H22BrN3. The number of rotatable bonds is 2. The molecule has 1 aliphatic rings. The van der Waals surface area contributed by atoms with Crippen LogP contribution in [-0.4, -0.2) is 23.1 Å². The standard InChI is InChI=1S/C20H21N3.BrH/c1-15-7-6-12-23(14-15)20-13-19(18-10-4-5-11-21-18)22-17-9-3-2-8-16(17)20;/h2-5,8-11,13,15H,6-7,12,14H2,1H3;1H. The van der Waals surface area contributed by atoms with E-state index in [0.29, 0.717) is 0 Å². The number of hydrogen-bond donors (Lipinski definition) is 0. The maximum Gasteiger partial charge on any atom is 0.0914 e. The highest BCUT2D eigenvalue weighted by Gasteiger charge is 2.19. The van der Waals surface area contributed by atoms with Crippen molar-refractivity contribution in [1.29, 1.82) is 0 Å². The number of anilines is 1. The molecule has 1 aromatic carbocycles. The molecule has 0 aliphatic carbocycles. The molecule has 124 valence electrons. The number of nitrogens with zero attached hydrogens (tertiary/aromatic N) is 3. The van der Waals surface area contributed by atoms with Crippen LogP contribution in [0.25, 0.3) is 22.3 Å². The lowest BCUT2D eigenvalue weighted by Gasteiger charge is -2.33. The van der Waals surface area contributed by atoms with Gasteiger partial charge in [-0.1, -0.05) is 31.2 Å². The van der Waals surface area contributed by atoms with Crippen LogP contribution < -0.4 is 4.90 Å². The molecule has 4 rings (SSSR count). The third-order valence-electron chi connectivity index (χ3n) is 4.62. The fourth-order valence-corrected chi connectivity index (χ4v) is 3.47. The number of aromatic nitrogens is 2. The van der Waals surface area contributed by atoms with Gasteiger partial charge in [0.1, 0.15) is 0 Å². The molecule has 2 aromatic heterocycles. The Labute approximate surface area is 153 Å². The van der Waals surface area contributed by atoms with Gasteiger partial charge in [0.05, 0.1) is 16.9 Å². The maximum atomic E-state index is 4.83. The number of pyridine rings is 2. The summed E-state index contributed by atoms with van der Waals surface area (Å²) in [6.45, 7) is 4.59. The van der Waals surface area contributed by atoms with Crippen molar-refractivity contribution in [3.8, 4) is 11.4 Å². The molecule has 0 radical (unpaired) electrons. The second kappa shape index (κ2) is 7.31. The smallest absolute Gasteiger partial charge is 0.0914 e. The van der Waals surface area contributed by atoms with Crippen molar-refractivity contribution < 1.29 is 0 Å². The van der Waals surface area contributed by atoms with Gasteiger partial charge in [-0.25, -0.2) is 4.98 Å². The van der Waals surface area contributed by atoms with Crippen molar-refractivity contribution in [3.63, 3.8) is 0 Å². The van der Waals surface area contributed by atoms with E-state index >= 15 is 0 Å². The molecule has 0 N–H and O–H groups in total.